The molecule has 0 unspecified atom stereocenters. The summed E-state index contributed by atoms with van der Waals surface area (Å²) in [7, 11) is -2.59. The number of carbonyl (C=O) groups is 1. The molecule has 2 aromatic carbocycles. The summed E-state index contributed by atoms with van der Waals surface area (Å²) in [4.78, 5) is 11.8. The predicted octanol–water partition coefficient (Wildman–Crippen LogP) is 1.48. The molecule has 25 heavy (non-hydrogen) atoms. The van der Waals surface area contributed by atoms with Gasteiger partial charge in [0, 0.05) is 12.6 Å². The van der Waals surface area contributed by atoms with E-state index in [2.05, 4.69) is 11.2 Å². The summed E-state index contributed by atoms with van der Waals surface area (Å²) in [6.45, 7) is -0.396. The van der Waals surface area contributed by atoms with E-state index in [9.17, 15) is 13.2 Å². The zero-order chi connectivity index (χ0) is 18.4. The monoisotopic (exact) mass is 353 g/mol. The number of terminal acetylenes is 1. The van der Waals surface area contributed by atoms with Crippen molar-refractivity contribution in [3.05, 3.63) is 59.7 Å². The number of carbonyl (C=O) groups excluding carboxylic acids is 1. The molecule has 0 heterocycles. The third-order valence-electron chi connectivity index (χ3n) is 3.44. The Bertz CT molecular complexity index is 968. The van der Waals surface area contributed by atoms with E-state index in [1.165, 1.54) is 37.4 Å². The lowest BCUT2D eigenvalue weighted by atomic mass is 10.2. The Morgan fingerprint density at radius 3 is 2.44 bits per heavy atom. The van der Waals surface area contributed by atoms with E-state index in [4.69, 9.17) is 11.7 Å². The van der Waals surface area contributed by atoms with Gasteiger partial charge in [0.2, 0.25) is 5.91 Å². The number of hydrogen-bond acceptors (Lipinski definition) is 4. The first-order valence-electron chi connectivity index (χ1n) is 7.22. The summed E-state index contributed by atoms with van der Waals surface area (Å²) >= 11 is 0. The molecule has 0 aromatic heterocycles. The van der Waals surface area contributed by atoms with Crippen molar-refractivity contribution < 1.29 is 13.2 Å². The topological polar surface area (TPSA) is 90.3 Å². The molecule has 0 aliphatic heterocycles. The minimum atomic E-state index is -4.01. The third kappa shape index (κ3) is 3.97. The average molecular weight is 353 g/mol. The summed E-state index contributed by atoms with van der Waals surface area (Å²) in [5.41, 5.74) is 1.11. The van der Waals surface area contributed by atoms with Crippen molar-refractivity contribution in [3.63, 3.8) is 0 Å². The molecule has 2 aromatic rings. The van der Waals surface area contributed by atoms with Crippen LogP contribution in [0.1, 0.15) is 11.1 Å². The summed E-state index contributed by atoms with van der Waals surface area (Å²) in [5.74, 6) is 1.97. The molecule has 0 aliphatic carbocycles. The van der Waals surface area contributed by atoms with Crippen LogP contribution in [0.15, 0.2) is 53.4 Å². The highest BCUT2D eigenvalue weighted by molar-refractivity contribution is 7.92. The van der Waals surface area contributed by atoms with Crippen LogP contribution in [0.4, 0.5) is 5.69 Å². The SMILES string of the molecule is C#Cc1cccc(N(CC(=O)NC)S(=O)(=O)c2ccc(C#N)cc2)c1. The molecule has 0 atom stereocenters. The fourth-order valence-corrected chi connectivity index (χ4v) is 3.52. The Morgan fingerprint density at radius 2 is 1.88 bits per heavy atom. The number of nitriles is 1. The van der Waals surface area contributed by atoms with Gasteiger partial charge >= 0.3 is 0 Å². The van der Waals surface area contributed by atoms with Gasteiger partial charge in [0.25, 0.3) is 10.0 Å². The van der Waals surface area contributed by atoms with Gasteiger partial charge in [0.05, 0.1) is 22.2 Å². The largest absolute Gasteiger partial charge is 0.358 e. The maximum absolute atomic E-state index is 13.0. The zero-order valence-corrected chi connectivity index (χ0v) is 14.2. The van der Waals surface area contributed by atoms with Crippen LogP contribution in [0.25, 0.3) is 0 Å². The highest BCUT2D eigenvalue weighted by atomic mass is 32.2. The van der Waals surface area contributed by atoms with Crippen LogP contribution in [-0.4, -0.2) is 27.9 Å². The molecule has 1 N–H and O–H groups in total. The number of anilines is 1. The third-order valence-corrected chi connectivity index (χ3v) is 5.23. The first-order valence-corrected chi connectivity index (χ1v) is 8.66. The van der Waals surface area contributed by atoms with E-state index in [-0.39, 0.29) is 10.6 Å². The molecule has 0 bridgehead atoms. The van der Waals surface area contributed by atoms with Crippen LogP contribution in [-0.2, 0) is 14.8 Å². The van der Waals surface area contributed by atoms with E-state index in [0.717, 1.165) is 4.31 Å². The summed E-state index contributed by atoms with van der Waals surface area (Å²) in [6.07, 6.45) is 5.37. The molecule has 0 aliphatic rings. The van der Waals surface area contributed by atoms with Crippen LogP contribution in [0.2, 0.25) is 0 Å². The van der Waals surface area contributed by atoms with E-state index in [1.807, 2.05) is 6.07 Å². The van der Waals surface area contributed by atoms with E-state index < -0.39 is 22.5 Å². The van der Waals surface area contributed by atoms with E-state index >= 15 is 0 Å². The fourth-order valence-electron chi connectivity index (χ4n) is 2.10. The van der Waals surface area contributed by atoms with Gasteiger partial charge in [0.15, 0.2) is 0 Å². The van der Waals surface area contributed by atoms with Crippen molar-refractivity contribution in [2.45, 2.75) is 4.90 Å². The first-order chi connectivity index (χ1) is 11.9. The Labute approximate surface area is 146 Å². The van der Waals surface area contributed by atoms with Gasteiger partial charge in [-0.05, 0) is 42.5 Å². The Balaban J connectivity index is 2.55. The zero-order valence-electron chi connectivity index (χ0n) is 13.4. The maximum atomic E-state index is 13.0. The van der Waals surface area contributed by atoms with Crippen LogP contribution in [0.3, 0.4) is 0 Å². The highest BCUT2D eigenvalue weighted by Gasteiger charge is 2.27. The molecule has 2 rings (SSSR count). The molecule has 7 heteroatoms. The standard InChI is InChI=1S/C18H15N3O3S/c1-3-14-5-4-6-16(11-14)21(13-18(22)20-2)25(23,24)17-9-7-15(12-19)8-10-17/h1,4-11H,13H2,2H3,(H,20,22). The molecular formula is C18H15N3O3S. The molecule has 0 fully saturated rings. The lowest BCUT2D eigenvalue weighted by molar-refractivity contribution is -0.119. The normalized spacial score (nSPS) is 10.4. The van der Waals surface area contributed by atoms with Gasteiger partial charge in [-0.1, -0.05) is 12.0 Å². The van der Waals surface area contributed by atoms with Crippen molar-refractivity contribution in [2.75, 3.05) is 17.9 Å². The Kier molecular flexibility index (Phi) is 5.43. The van der Waals surface area contributed by atoms with Gasteiger partial charge in [-0.25, -0.2) is 8.42 Å². The van der Waals surface area contributed by atoms with E-state index in [0.29, 0.717) is 11.1 Å². The molecule has 0 spiro atoms. The molecular weight excluding hydrogens is 338 g/mol. The second kappa shape index (κ2) is 7.52. The van der Waals surface area contributed by atoms with Crippen molar-refractivity contribution in [3.8, 4) is 18.4 Å². The lowest BCUT2D eigenvalue weighted by Gasteiger charge is -2.24. The number of hydrogen-bond donors (Lipinski definition) is 1. The van der Waals surface area contributed by atoms with Crippen molar-refractivity contribution in [1.29, 1.82) is 5.26 Å². The van der Waals surface area contributed by atoms with Gasteiger partial charge < -0.3 is 5.32 Å². The minimum Gasteiger partial charge on any atom is -0.358 e. The van der Waals surface area contributed by atoms with E-state index in [1.54, 1.807) is 18.2 Å². The van der Waals surface area contributed by atoms with Crippen molar-refractivity contribution >= 4 is 21.6 Å². The molecule has 0 saturated heterocycles. The maximum Gasteiger partial charge on any atom is 0.264 e. The average Bonchev–Trinajstić information content (AvgIpc) is 2.65. The van der Waals surface area contributed by atoms with Crippen LogP contribution in [0.5, 0.6) is 0 Å². The number of nitrogens with zero attached hydrogens (tertiary/aromatic N) is 2. The Morgan fingerprint density at radius 1 is 1.20 bits per heavy atom. The van der Waals surface area contributed by atoms with Crippen LogP contribution >= 0.6 is 0 Å². The number of likely N-dealkylation sites (N-methyl/N-ethyl adjacent to an activating group) is 1. The number of benzene rings is 2. The Hall–Kier alpha value is -3.29. The molecule has 0 saturated carbocycles. The molecule has 1 amide bonds. The minimum absolute atomic E-state index is 0.0264. The van der Waals surface area contributed by atoms with Crippen molar-refractivity contribution in [2.24, 2.45) is 0 Å². The second-order valence-corrected chi connectivity index (χ2v) is 6.88. The molecule has 126 valence electrons. The first kappa shape index (κ1) is 18.1. The van der Waals surface area contributed by atoms with Crippen LogP contribution in [0, 0.1) is 23.7 Å². The number of nitrogens with one attached hydrogen (secondary N) is 1. The van der Waals surface area contributed by atoms with Crippen molar-refractivity contribution in [1.82, 2.24) is 5.32 Å². The van der Waals surface area contributed by atoms with Gasteiger partial charge in [-0.3, -0.25) is 9.10 Å². The number of sulfonamides is 1. The molecule has 0 radical (unpaired) electrons. The lowest BCUT2D eigenvalue weighted by Crippen LogP contribution is -2.39. The van der Waals surface area contributed by atoms with Gasteiger partial charge in [0.1, 0.15) is 6.54 Å². The highest BCUT2D eigenvalue weighted by Crippen LogP contribution is 2.24. The summed E-state index contributed by atoms with van der Waals surface area (Å²) in [5, 5.41) is 11.3. The second-order valence-electron chi connectivity index (χ2n) is 5.02. The smallest absolute Gasteiger partial charge is 0.264 e. The summed E-state index contributed by atoms with van der Waals surface area (Å²) < 4.78 is 27.0. The summed E-state index contributed by atoms with van der Waals surface area (Å²) in [6, 6.07) is 13.8. The predicted molar refractivity (Wildman–Crippen MR) is 94.1 cm³/mol. The number of amides is 1. The number of rotatable bonds is 5. The van der Waals surface area contributed by atoms with Crippen LogP contribution < -0.4 is 9.62 Å². The van der Waals surface area contributed by atoms with Gasteiger partial charge in [-0.15, -0.1) is 6.42 Å². The fraction of sp³-hybridized carbons (Fsp3) is 0.111. The van der Waals surface area contributed by atoms with Gasteiger partial charge in [-0.2, -0.15) is 5.26 Å². The quantitative estimate of drug-likeness (QED) is 0.825. The molecule has 6 nitrogen and oxygen atoms in total.